The number of rotatable bonds is 6. The van der Waals surface area contributed by atoms with Crippen molar-refractivity contribution in [1.29, 1.82) is 0 Å². The molecule has 6 heteroatoms. The van der Waals surface area contributed by atoms with E-state index in [0.717, 1.165) is 30.4 Å². The van der Waals surface area contributed by atoms with E-state index in [0.29, 0.717) is 23.8 Å². The largest absolute Gasteiger partial charge is 0.348 e. The molecule has 25 heavy (non-hydrogen) atoms. The number of benzene rings is 1. The summed E-state index contributed by atoms with van der Waals surface area (Å²) in [5.74, 6) is -0.121. The fourth-order valence-corrected chi connectivity index (χ4v) is 2.55. The van der Waals surface area contributed by atoms with Crippen LogP contribution in [0.15, 0.2) is 42.7 Å². The lowest BCUT2D eigenvalue weighted by Crippen LogP contribution is -2.30. The molecule has 1 heterocycles. The van der Waals surface area contributed by atoms with Gasteiger partial charge in [0.2, 0.25) is 0 Å². The fraction of sp³-hybridized carbons (Fsp3) is 0.316. The first-order chi connectivity index (χ1) is 12.2. The van der Waals surface area contributed by atoms with Crippen molar-refractivity contribution >= 4 is 17.6 Å². The van der Waals surface area contributed by atoms with Gasteiger partial charge in [0.15, 0.2) is 0 Å². The molecule has 0 bridgehead atoms. The molecule has 0 unspecified atom stereocenters. The lowest BCUT2D eigenvalue weighted by molar-refractivity contribution is 0.0950. The van der Waals surface area contributed by atoms with Gasteiger partial charge in [0.25, 0.3) is 5.91 Å². The Morgan fingerprint density at radius 2 is 2.08 bits per heavy atom. The van der Waals surface area contributed by atoms with Crippen LogP contribution in [-0.4, -0.2) is 23.0 Å². The van der Waals surface area contributed by atoms with Crippen molar-refractivity contribution in [2.75, 3.05) is 5.32 Å². The van der Waals surface area contributed by atoms with Crippen molar-refractivity contribution in [3.63, 3.8) is 0 Å². The second kappa shape index (κ2) is 7.79. The zero-order valence-electron chi connectivity index (χ0n) is 14.2. The third-order valence-electron chi connectivity index (χ3n) is 4.08. The Morgan fingerprint density at radius 3 is 2.84 bits per heavy atom. The summed E-state index contributed by atoms with van der Waals surface area (Å²) >= 11 is 0. The number of hydrogen-bond acceptors (Lipinski definition) is 3. The highest BCUT2D eigenvalue weighted by molar-refractivity contribution is 5.95. The summed E-state index contributed by atoms with van der Waals surface area (Å²) in [6, 6.07) is 9.32. The van der Waals surface area contributed by atoms with Gasteiger partial charge in [-0.2, -0.15) is 0 Å². The van der Waals surface area contributed by atoms with E-state index >= 15 is 0 Å². The van der Waals surface area contributed by atoms with Crippen LogP contribution in [0.5, 0.6) is 0 Å². The smallest absolute Gasteiger partial charge is 0.319 e. The first-order valence-electron chi connectivity index (χ1n) is 8.53. The normalized spacial score (nSPS) is 13.2. The minimum Gasteiger partial charge on any atom is -0.348 e. The van der Waals surface area contributed by atoms with E-state index in [4.69, 9.17) is 0 Å². The lowest BCUT2D eigenvalue weighted by atomic mass is 10.1. The Morgan fingerprint density at radius 1 is 1.24 bits per heavy atom. The van der Waals surface area contributed by atoms with E-state index in [9.17, 15) is 9.59 Å². The number of nitrogens with one attached hydrogen (secondary N) is 3. The van der Waals surface area contributed by atoms with Crippen LogP contribution in [0, 0.1) is 0 Å². The highest BCUT2D eigenvalue weighted by Gasteiger charge is 2.23. The molecule has 0 radical (unpaired) electrons. The number of urea groups is 1. The van der Waals surface area contributed by atoms with Crippen molar-refractivity contribution < 1.29 is 9.59 Å². The Kier molecular flexibility index (Phi) is 5.28. The van der Waals surface area contributed by atoms with E-state index < -0.39 is 0 Å². The molecular weight excluding hydrogens is 316 g/mol. The Bertz CT molecular complexity index is 772. The third kappa shape index (κ3) is 4.79. The zero-order valence-corrected chi connectivity index (χ0v) is 14.2. The molecule has 1 aliphatic carbocycles. The van der Waals surface area contributed by atoms with Crippen LogP contribution >= 0.6 is 0 Å². The van der Waals surface area contributed by atoms with Gasteiger partial charge in [-0.1, -0.05) is 19.1 Å². The van der Waals surface area contributed by atoms with E-state index in [1.165, 1.54) is 0 Å². The van der Waals surface area contributed by atoms with Crippen molar-refractivity contribution in [2.24, 2.45) is 0 Å². The minimum absolute atomic E-state index is 0.121. The molecule has 1 aromatic carbocycles. The number of aromatic nitrogens is 1. The maximum Gasteiger partial charge on any atom is 0.319 e. The molecule has 130 valence electrons. The Labute approximate surface area is 147 Å². The number of amides is 3. The van der Waals surface area contributed by atoms with E-state index in [2.05, 4.69) is 20.9 Å². The van der Waals surface area contributed by atoms with Crippen LogP contribution in [-0.2, 0) is 13.0 Å². The second-order valence-corrected chi connectivity index (χ2v) is 6.14. The summed E-state index contributed by atoms with van der Waals surface area (Å²) in [7, 11) is 0. The molecule has 1 fully saturated rings. The Hall–Kier alpha value is -2.89. The maximum absolute atomic E-state index is 12.4. The monoisotopic (exact) mass is 338 g/mol. The molecule has 1 aliphatic rings. The standard InChI is InChI=1S/C19H22N4O2/c1-2-14-12-20-9-8-17(14)18(24)21-11-13-4-3-5-16(10-13)23-19(25)22-15-6-7-15/h3-5,8-10,12,15H,2,6-7,11H2,1H3,(H,21,24)(H2,22,23,25). The number of carbonyl (C=O) groups is 2. The molecule has 1 saturated carbocycles. The number of aryl methyl sites for hydroxylation is 1. The van der Waals surface area contributed by atoms with Crippen molar-refractivity contribution in [1.82, 2.24) is 15.6 Å². The molecule has 0 saturated heterocycles. The van der Waals surface area contributed by atoms with Gasteiger partial charge in [-0.15, -0.1) is 0 Å². The summed E-state index contributed by atoms with van der Waals surface area (Å²) in [4.78, 5) is 28.2. The van der Waals surface area contributed by atoms with Gasteiger partial charge in [-0.25, -0.2) is 4.79 Å². The molecule has 6 nitrogen and oxygen atoms in total. The summed E-state index contributed by atoms with van der Waals surface area (Å²) in [5, 5.41) is 8.62. The van der Waals surface area contributed by atoms with Crippen LogP contribution in [0.2, 0.25) is 0 Å². The van der Waals surface area contributed by atoms with Gasteiger partial charge in [0, 0.05) is 36.2 Å². The van der Waals surface area contributed by atoms with Crippen molar-refractivity contribution in [3.8, 4) is 0 Å². The van der Waals surface area contributed by atoms with Crippen LogP contribution in [0.25, 0.3) is 0 Å². The number of pyridine rings is 1. The van der Waals surface area contributed by atoms with Crippen LogP contribution < -0.4 is 16.0 Å². The number of hydrogen-bond donors (Lipinski definition) is 3. The first-order valence-corrected chi connectivity index (χ1v) is 8.53. The molecule has 1 aromatic heterocycles. The van der Waals surface area contributed by atoms with Gasteiger partial charge < -0.3 is 16.0 Å². The van der Waals surface area contributed by atoms with Gasteiger partial charge in [-0.3, -0.25) is 9.78 Å². The molecule has 3 amide bonds. The maximum atomic E-state index is 12.4. The molecule has 0 spiro atoms. The summed E-state index contributed by atoms with van der Waals surface area (Å²) in [5.41, 5.74) is 3.20. The highest BCUT2D eigenvalue weighted by atomic mass is 16.2. The number of anilines is 1. The number of nitrogens with zero attached hydrogens (tertiary/aromatic N) is 1. The van der Waals surface area contributed by atoms with Crippen molar-refractivity contribution in [3.05, 3.63) is 59.4 Å². The molecule has 0 atom stereocenters. The summed E-state index contributed by atoms with van der Waals surface area (Å²) in [6.07, 6.45) is 6.20. The fourth-order valence-electron chi connectivity index (χ4n) is 2.55. The molecule has 0 aliphatic heterocycles. The SMILES string of the molecule is CCc1cnccc1C(=O)NCc1cccc(NC(=O)NC2CC2)c1. The number of carbonyl (C=O) groups excluding carboxylic acids is 2. The van der Waals surface area contributed by atoms with Crippen LogP contribution in [0.3, 0.4) is 0 Å². The van der Waals surface area contributed by atoms with E-state index in [1.807, 2.05) is 31.2 Å². The molecule has 2 aromatic rings. The van der Waals surface area contributed by atoms with Gasteiger partial charge in [0.1, 0.15) is 0 Å². The van der Waals surface area contributed by atoms with Gasteiger partial charge >= 0.3 is 6.03 Å². The predicted molar refractivity (Wildman–Crippen MR) is 96.4 cm³/mol. The Balaban J connectivity index is 1.58. The minimum atomic E-state index is -0.187. The lowest BCUT2D eigenvalue weighted by Gasteiger charge is -2.10. The van der Waals surface area contributed by atoms with Gasteiger partial charge in [-0.05, 0) is 48.6 Å². The molecular formula is C19H22N4O2. The van der Waals surface area contributed by atoms with Crippen LogP contribution in [0.4, 0.5) is 10.5 Å². The topological polar surface area (TPSA) is 83.1 Å². The third-order valence-corrected chi connectivity index (χ3v) is 4.08. The highest BCUT2D eigenvalue weighted by Crippen LogP contribution is 2.19. The summed E-state index contributed by atoms with van der Waals surface area (Å²) < 4.78 is 0. The average Bonchev–Trinajstić information content (AvgIpc) is 3.43. The second-order valence-electron chi connectivity index (χ2n) is 6.14. The van der Waals surface area contributed by atoms with E-state index in [1.54, 1.807) is 18.5 Å². The first kappa shape index (κ1) is 17.0. The zero-order chi connectivity index (χ0) is 17.6. The van der Waals surface area contributed by atoms with Crippen LogP contribution in [0.1, 0.15) is 41.3 Å². The van der Waals surface area contributed by atoms with Crippen molar-refractivity contribution in [2.45, 2.75) is 38.8 Å². The quantitative estimate of drug-likeness (QED) is 0.757. The predicted octanol–water partition coefficient (Wildman–Crippen LogP) is 2.86. The van der Waals surface area contributed by atoms with Gasteiger partial charge in [0.05, 0.1) is 0 Å². The summed E-state index contributed by atoms with van der Waals surface area (Å²) in [6.45, 7) is 2.39. The molecule has 3 N–H and O–H groups in total. The average molecular weight is 338 g/mol. The molecule has 3 rings (SSSR count). The van der Waals surface area contributed by atoms with E-state index in [-0.39, 0.29) is 11.9 Å².